The Kier molecular flexibility index (Phi) is 4.31. The Morgan fingerprint density at radius 2 is 1.83 bits per heavy atom. The van der Waals surface area contributed by atoms with Crippen molar-refractivity contribution < 1.29 is 0 Å². The van der Waals surface area contributed by atoms with Crippen LogP contribution in [0.3, 0.4) is 0 Å². The van der Waals surface area contributed by atoms with Gasteiger partial charge in [0.25, 0.3) is 0 Å². The van der Waals surface area contributed by atoms with E-state index in [1.807, 2.05) is 0 Å². The van der Waals surface area contributed by atoms with Gasteiger partial charge in [-0.3, -0.25) is 0 Å². The number of nitrogens with zero attached hydrogens (tertiary/aromatic N) is 2. The number of rotatable bonds is 3. The van der Waals surface area contributed by atoms with Crippen molar-refractivity contribution in [3.8, 4) is 0 Å². The number of aryl methyl sites for hydroxylation is 1. The number of anilines is 1. The molecule has 18 heavy (non-hydrogen) atoms. The second kappa shape index (κ2) is 5.77. The lowest BCUT2D eigenvalue weighted by molar-refractivity contribution is 0.518. The van der Waals surface area contributed by atoms with E-state index in [1.54, 1.807) is 0 Å². The molecule has 3 heteroatoms. The molecule has 0 radical (unpaired) electrons. The molecule has 0 bridgehead atoms. The normalized spacial score (nSPS) is 18.2. The highest BCUT2D eigenvalue weighted by Gasteiger charge is 2.22. The zero-order valence-electron chi connectivity index (χ0n) is 12.1. The topological polar surface area (TPSA) is 43.8 Å². The SMILES string of the molecule is Cc1nc(C2CCCCCC2)c(N)n1CC(C)C. The van der Waals surface area contributed by atoms with Crippen LogP contribution < -0.4 is 5.73 Å². The van der Waals surface area contributed by atoms with Crippen molar-refractivity contribution in [1.82, 2.24) is 9.55 Å². The third-order valence-electron chi connectivity index (χ3n) is 4.02. The van der Waals surface area contributed by atoms with Gasteiger partial charge in [0.15, 0.2) is 0 Å². The first-order chi connectivity index (χ1) is 8.59. The summed E-state index contributed by atoms with van der Waals surface area (Å²) < 4.78 is 2.20. The summed E-state index contributed by atoms with van der Waals surface area (Å²) in [7, 11) is 0. The quantitative estimate of drug-likeness (QED) is 0.826. The molecule has 1 fully saturated rings. The molecule has 3 nitrogen and oxygen atoms in total. The fourth-order valence-electron chi connectivity index (χ4n) is 3.05. The highest BCUT2D eigenvalue weighted by Crippen LogP contribution is 2.34. The highest BCUT2D eigenvalue weighted by atomic mass is 15.1. The lowest BCUT2D eigenvalue weighted by Gasteiger charge is -2.14. The lowest BCUT2D eigenvalue weighted by atomic mass is 9.96. The van der Waals surface area contributed by atoms with E-state index < -0.39 is 0 Å². The zero-order chi connectivity index (χ0) is 13.1. The van der Waals surface area contributed by atoms with E-state index in [0.717, 1.165) is 18.2 Å². The molecule has 1 aliphatic rings. The minimum Gasteiger partial charge on any atom is -0.384 e. The van der Waals surface area contributed by atoms with Crippen LogP contribution in [0.1, 0.15) is 69.8 Å². The van der Waals surface area contributed by atoms with Crippen LogP contribution in [-0.4, -0.2) is 9.55 Å². The predicted molar refractivity (Wildman–Crippen MR) is 76.7 cm³/mol. The van der Waals surface area contributed by atoms with Gasteiger partial charge in [-0.2, -0.15) is 0 Å². The first-order valence-corrected chi connectivity index (χ1v) is 7.42. The maximum absolute atomic E-state index is 6.33. The van der Waals surface area contributed by atoms with Crippen LogP contribution in [0.5, 0.6) is 0 Å². The Bertz CT molecular complexity index is 385. The molecule has 0 saturated heterocycles. The smallest absolute Gasteiger partial charge is 0.127 e. The molecule has 0 spiro atoms. The van der Waals surface area contributed by atoms with Crippen LogP contribution in [0.4, 0.5) is 5.82 Å². The van der Waals surface area contributed by atoms with Crippen LogP contribution >= 0.6 is 0 Å². The maximum atomic E-state index is 6.33. The molecule has 2 N–H and O–H groups in total. The van der Waals surface area contributed by atoms with E-state index in [9.17, 15) is 0 Å². The first kappa shape index (κ1) is 13.4. The number of hydrogen-bond donors (Lipinski definition) is 1. The van der Waals surface area contributed by atoms with Gasteiger partial charge in [-0.1, -0.05) is 39.5 Å². The summed E-state index contributed by atoms with van der Waals surface area (Å²) in [6, 6.07) is 0. The largest absolute Gasteiger partial charge is 0.384 e. The minimum atomic E-state index is 0.597. The van der Waals surface area contributed by atoms with E-state index in [0.29, 0.717) is 11.8 Å². The first-order valence-electron chi connectivity index (χ1n) is 7.42. The number of imidazole rings is 1. The molecule has 0 aliphatic heterocycles. The summed E-state index contributed by atoms with van der Waals surface area (Å²) >= 11 is 0. The molecular formula is C15H27N3. The van der Waals surface area contributed by atoms with E-state index in [1.165, 1.54) is 44.2 Å². The van der Waals surface area contributed by atoms with Crippen molar-refractivity contribution in [3.05, 3.63) is 11.5 Å². The monoisotopic (exact) mass is 249 g/mol. The van der Waals surface area contributed by atoms with Gasteiger partial charge in [-0.05, 0) is 25.7 Å². The van der Waals surface area contributed by atoms with Gasteiger partial charge < -0.3 is 10.3 Å². The van der Waals surface area contributed by atoms with E-state index in [4.69, 9.17) is 10.7 Å². The van der Waals surface area contributed by atoms with Crippen LogP contribution in [0.15, 0.2) is 0 Å². The van der Waals surface area contributed by atoms with Crippen molar-refractivity contribution >= 4 is 5.82 Å². The molecule has 1 aliphatic carbocycles. The fraction of sp³-hybridized carbons (Fsp3) is 0.800. The Labute approximate surface area is 111 Å². The number of nitrogen functional groups attached to an aromatic ring is 1. The van der Waals surface area contributed by atoms with Gasteiger partial charge in [0.1, 0.15) is 11.6 Å². The summed E-state index contributed by atoms with van der Waals surface area (Å²) in [5, 5.41) is 0. The molecule has 0 amide bonds. The molecule has 1 saturated carbocycles. The van der Waals surface area contributed by atoms with Crippen molar-refractivity contribution in [3.63, 3.8) is 0 Å². The van der Waals surface area contributed by atoms with Crippen LogP contribution in [-0.2, 0) is 6.54 Å². The molecule has 1 aromatic heterocycles. The molecule has 0 unspecified atom stereocenters. The van der Waals surface area contributed by atoms with Crippen molar-refractivity contribution in [2.75, 3.05) is 5.73 Å². The zero-order valence-corrected chi connectivity index (χ0v) is 12.1. The molecule has 2 rings (SSSR count). The Hall–Kier alpha value is -0.990. The summed E-state index contributed by atoms with van der Waals surface area (Å²) in [4.78, 5) is 4.77. The van der Waals surface area contributed by atoms with E-state index >= 15 is 0 Å². The standard InChI is InChI=1S/C15H27N3/c1-11(2)10-18-12(3)17-14(15(18)16)13-8-6-4-5-7-9-13/h11,13H,4-10,16H2,1-3H3. The van der Waals surface area contributed by atoms with Crippen molar-refractivity contribution in [2.24, 2.45) is 5.92 Å². The number of nitrogens with two attached hydrogens (primary N) is 1. The summed E-state index contributed by atoms with van der Waals surface area (Å²) in [5.41, 5.74) is 7.51. The average molecular weight is 249 g/mol. The molecule has 1 heterocycles. The van der Waals surface area contributed by atoms with Gasteiger partial charge in [-0.15, -0.1) is 0 Å². The van der Waals surface area contributed by atoms with Crippen molar-refractivity contribution in [2.45, 2.75) is 71.8 Å². The average Bonchev–Trinajstić information content (AvgIpc) is 2.56. The fourth-order valence-corrected chi connectivity index (χ4v) is 3.05. The Morgan fingerprint density at radius 1 is 1.22 bits per heavy atom. The van der Waals surface area contributed by atoms with Crippen LogP contribution in [0.2, 0.25) is 0 Å². The van der Waals surface area contributed by atoms with E-state index in [-0.39, 0.29) is 0 Å². The number of aromatic nitrogens is 2. The third kappa shape index (κ3) is 2.88. The van der Waals surface area contributed by atoms with Crippen LogP contribution in [0.25, 0.3) is 0 Å². The third-order valence-corrected chi connectivity index (χ3v) is 4.02. The maximum Gasteiger partial charge on any atom is 0.127 e. The lowest BCUT2D eigenvalue weighted by Crippen LogP contribution is -2.10. The molecular weight excluding hydrogens is 222 g/mol. The van der Waals surface area contributed by atoms with Crippen molar-refractivity contribution in [1.29, 1.82) is 0 Å². The Balaban J connectivity index is 2.22. The van der Waals surface area contributed by atoms with Gasteiger partial charge in [-0.25, -0.2) is 4.98 Å². The van der Waals surface area contributed by atoms with Gasteiger partial charge >= 0.3 is 0 Å². The van der Waals surface area contributed by atoms with Crippen LogP contribution in [0, 0.1) is 12.8 Å². The van der Waals surface area contributed by atoms with E-state index in [2.05, 4.69) is 25.3 Å². The summed E-state index contributed by atoms with van der Waals surface area (Å²) in [6.45, 7) is 7.52. The second-order valence-corrected chi connectivity index (χ2v) is 6.12. The van der Waals surface area contributed by atoms with Gasteiger partial charge in [0.2, 0.25) is 0 Å². The Morgan fingerprint density at radius 3 is 2.39 bits per heavy atom. The second-order valence-electron chi connectivity index (χ2n) is 6.12. The molecule has 0 aromatic carbocycles. The highest BCUT2D eigenvalue weighted by molar-refractivity contribution is 5.40. The number of hydrogen-bond acceptors (Lipinski definition) is 2. The molecule has 1 aromatic rings. The van der Waals surface area contributed by atoms with Gasteiger partial charge in [0, 0.05) is 12.5 Å². The minimum absolute atomic E-state index is 0.597. The van der Waals surface area contributed by atoms with Gasteiger partial charge in [0.05, 0.1) is 5.69 Å². The predicted octanol–water partition coefficient (Wildman–Crippen LogP) is 3.87. The summed E-state index contributed by atoms with van der Waals surface area (Å²) in [6.07, 6.45) is 7.95. The summed E-state index contributed by atoms with van der Waals surface area (Å²) in [5.74, 6) is 3.22. The molecule has 0 atom stereocenters. The molecule has 102 valence electrons.